The Labute approximate surface area is 182 Å². The van der Waals surface area contributed by atoms with Gasteiger partial charge in [0.25, 0.3) is 0 Å². The summed E-state index contributed by atoms with van der Waals surface area (Å²) in [5, 5.41) is 1.78. The van der Waals surface area contributed by atoms with E-state index in [1.54, 1.807) is 0 Å². The second kappa shape index (κ2) is 6.65. The largest absolute Gasteiger partial charge is 0.325 e. The van der Waals surface area contributed by atoms with Crippen LogP contribution in [-0.2, 0) is 6.54 Å². The number of rotatable bonds is 2. The highest BCUT2D eigenvalue weighted by Gasteiger charge is 2.21. The lowest BCUT2D eigenvalue weighted by Crippen LogP contribution is -2.15. The summed E-state index contributed by atoms with van der Waals surface area (Å²) in [6.07, 6.45) is 0. The van der Waals surface area contributed by atoms with E-state index in [1.165, 1.54) is 0 Å². The van der Waals surface area contributed by atoms with Gasteiger partial charge in [0, 0.05) is 17.5 Å². The highest BCUT2D eigenvalue weighted by atomic mass is 35.5. The molecule has 0 fully saturated rings. The lowest BCUT2D eigenvalue weighted by Gasteiger charge is -2.15. The van der Waals surface area contributed by atoms with Gasteiger partial charge in [0.2, 0.25) is 5.43 Å². The van der Waals surface area contributed by atoms with Crippen molar-refractivity contribution in [3.8, 4) is 11.4 Å². The zero-order valence-electron chi connectivity index (χ0n) is 16.7. The monoisotopic (exact) mass is 424 g/mol. The van der Waals surface area contributed by atoms with Gasteiger partial charge >= 0.3 is 0 Å². The summed E-state index contributed by atoms with van der Waals surface area (Å²) in [6, 6.07) is 23.1. The van der Waals surface area contributed by atoms with Crippen LogP contribution in [0, 0.1) is 0 Å². The van der Waals surface area contributed by atoms with Crippen molar-refractivity contribution in [3.05, 3.63) is 88.0 Å². The third-order valence-electron chi connectivity index (χ3n) is 5.78. The van der Waals surface area contributed by atoms with Gasteiger partial charge in [-0.1, -0.05) is 48.0 Å². The summed E-state index contributed by atoms with van der Waals surface area (Å²) in [7, 11) is 0. The van der Waals surface area contributed by atoms with Crippen molar-refractivity contribution in [2.75, 3.05) is 0 Å². The number of hydrogen-bond donors (Lipinski definition) is 0. The number of aromatic nitrogens is 4. The van der Waals surface area contributed by atoms with Crippen LogP contribution >= 0.6 is 11.6 Å². The zero-order chi connectivity index (χ0) is 21.1. The molecular formula is C25H17ClN4O. The van der Waals surface area contributed by atoms with E-state index in [0.29, 0.717) is 39.5 Å². The van der Waals surface area contributed by atoms with Gasteiger partial charge in [-0.2, -0.15) is 0 Å². The summed E-state index contributed by atoms with van der Waals surface area (Å²) >= 11 is 6.59. The van der Waals surface area contributed by atoms with Crippen molar-refractivity contribution in [3.63, 3.8) is 0 Å². The average Bonchev–Trinajstić information content (AvgIpc) is 3.19. The van der Waals surface area contributed by atoms with E-state index in [0.717, 1.165) is 22.1 Å². The number of hydrogen-bond acceptors (Lipinski definition) is 3. The van der Waals surface area contributed by atoms with E-state index >= 15 is 0 Å². The third kappa shape index (κ3) is 2.47. The van der Waals surface area contributed by atoms with Gasteiger partial charge in [0.15, 0.2) is 11.3 Å². The summed E-state index contributed by atoms with van der Waals surface area (Å²) in [6.45, 7) is 2.72. The second-order valence-corrected chi connectivity index (χ2v) is 7.87. The van der Waals surface area contributed by atoms with Crippen LogP contribution in [0.1, 0.15) is 6.92 Å². The SMILES string of the molecule is CCn1c2ccccc2c(=O)c2c1nc(-c1ccccc1Cl)n1c3ccccc3nc21. The normalized spacial score (nSPS) is 11.8. The van der Waals surface area contributed by atoms with Crippen LogP contribution in [0.4, 0.5) is 0 Å². The number of imidazole rings is 1. The number of pyridine rings is 1. The second-order valence-electron chi connectivity index (χ2n) is 7.46. The van der Waals surface area contributed by atoms with Crippen LogP contribution in [0.15, 0.2) is 77.6 Å². The maximum Gasteiger partial charge on any atom is 0.202 e. The van der Waals surface area contributed by atoms with Crippen LogP contribution in [-0.4, -0.2) is 18.9 Å². The van der Waals surface area contributed by atoms with Gasteiger partial charge in [0.1, 0.15) is 11.2 Å². The van der Waals surface area contributed by atoms with Gasteiger partial charge in [-0.05, 0) is 43.3 Å². The zero-order valence-corrected chi connectivity index (χ0v) is 17.5. The molecule has 0 bridgehead atoms. The Morgan fingerprint density at radius 1 is 0.839 bits per heavy atom. The maximum absolute atomic E-state index is 13.6. The van der Waals surface area contributed by atoms with Gasteiger partial charge in [-0.3, -0.25) is 9.20 Å². The lowest BCUT2D eigenvalue weighted by molar-refractivity contribution is 0.808. The van der Waals surface area contributed by atoms with Gasteiger partial charge in [-0.15, -0.1) is 0 Å². The molecule has 6 heteroatoms. The molecule has 0 spiro atoms. The summed E-state index contributed by atoms with van der Waals surface area (Å²) < 4.78 is 4.03. The van der Waals surface area contributed by atoms with Crippen LogP contribution < -0.4 is 5.43 Å². The van der Waals surface area contributed by atoms with Crippen molar-refractivity contribution in [1.82, 2.24) is 18.9 Å². The first-order chi connectivity index (χ1) is 15.2. The first kappa shape index (κ1) is 18.1. The number of para-hydroxylation sites is 3. The number of aryl methyl sites for hydroxylation is 1. The summed E-state index contributed by atoms with van der Waals surface area (Å²) in [5.74, 6) is 0.665. The quantitative estimate of drug-likeness (QED) is 0.335. The Morgan fingerprint density at radius 3 is 2.35 bits per heavy atom. The fourth-order valence-corrected chi connectivity index (χ4v) is 4.63. The molecule has 0 aliphatic heterocycles. The molecule has 0 radical (unpaired) electrons. The van der Waals surface area contributed by atoms with E-state index in [9.17, 15) is 4.79 Å². The van der Waals surface area contributed by atoms with Crippen LogP contribution in [0.5, 0.6) is 0 Å². The minimum atomic E-state index is -0.0613. The van der Waals surface area contributed by atoms with Crippen molar-refractivity contribution in [2.45, 2.75) is 13.5 Å². The molecule has 3 heterocycles. The van der Waals surface area contributed by atoms with Crippen molar-refractivity contribution < 1.29 is 0 Å². The molecule has 0 aliphatic rings. The first-order valence-electron chi connectivity index (χ1n) is 10.2. The molecule has 5 nitrogen and oxygen atoms in total. The molecule has 0 saturated carbocycles. The molecule has 0 atom stereocenters. The fraction of sp³-hybridized carbons (Fsp3) is 0.0800. The minimum absolute atomic E-state index is 0.0613. The smallest absolute Gasteiger partial charge is 0.202 e. The Balaban J connectivity index is 1.96. The van der Waals surface area contributed by atoms with E-state index in [2.05, 4.69) is 11.5 Å². The molecule has 150 valence electrons. The van der Waals surface area contributed by atoms with Crippen molar-refractivity contribution in [2.24, 2.45) is 0 Å². The standard InChI is InChI=1S/C25H17ClN4O/c1-2-29-19-13-7-4-10-16(19)22(31)21-24(29)28-23(15-9-3-5-11-17(15)26)30-20-14-8-6-12-18(20)27-25(21)30/h3-14H,2H2,1H3. The van der Waals surface area contributed by atoms with Crippen LogP contribution in [0.3, 0.4) is 0 Å². The number of fused-ring (bicyclic) bond motifs is 6. The minimum Gasteiger partial charge on any atom is -0.325 e. The van der Waals surface area contributed by atoms with Crippen LogP contribution in [0.25, 0.3) is 50.0 Å². The van der Waals surface area contributed by atoms with E-state index in [1.807, 2.05) is 77.2 Å². The van der Waals surface area contributed by atoms with E-state index < -0.39 is 0 Å². The highest BCUT2D eigenvalue weighted by molar-refractivity contribution is 6.33. The molecule has 6 aromatic rings. The van der Waals surface area contributed by atoms with Gasteiger partial charge < -0.3 is 4.57 Å². The summed E-state index contributed by atoms with van der Waals surface area (Å²) in [5.41, 5.74) is 4.50. The Bertz CT molecular complexity index is 1710. The predicted octanol–water partition coefficient (Wildman–Crippen LogP) is 5.69. The van der Waals surface area contributed by atoms with Crippen LogP contribution in [0.2, 0.25) is 5.02 Å². The Kier molecular flexibility index (Phi) is 3.88. The third-order valence-corrected chi connectivity index (χ3v) is 6.11. The molecule has 0 saturated heterocycles. The molecule has 3 aromatic carbocycles. The predicted molar refractivity (Wildman–Crippen MR) is 126 cm³/mol. The molecule has 0 N–H and O–H groups in total. The number of halogens is 1. The number of nitrogens with zero attached hydrogens (tertiary/aromatic N) is 4. The van der Waals surface area contributed by atoms with Gasteiger partial charge in [0.05, 0.1) is 21.6 Å². The van der Waals surface area contributed by atoms with Gasteiger partial charge in [-0.25, -0.2) is 9.97 Å². The molecule has 0 unspecified atom stereocenters. The topological polar surface area (TPSA) is 52.2 Å². The van der Waals surface area contributed by atoms with Crippen molar-refractivity contribution in [1.29, 1.82) is 0 Å². The van der Waals surface area contributed by atoms with E-state index in [-0.39, 0.29) is 5.43 Å². The number of benzene rings is 3. The highest BCUT2D eigenvalue weighted by Crippen LogP contribution is 2.32. The van der Waals surface area contributed by atoms with E-state index in [4.69, 9.17) is 21.6 Å². The van der Waals surface area contributed by atoms with Crippen molar-refractivity contribution >= 4 is 50.2 Å². The molecule has 31 heavy (non-hydrogen) atoms. The molecule has 0 aliphatic carbocycles. The first-order valence-corrected chi connectivity index (χ1v) is 10.5. The molecular weight excluding hydrogens is 408 g/mol. The maximum atomic E-state index is 13.6. The Morgan fingerprint density at radius 2 is 1.55 bits per heavy atom. The Hall–Kier alpha value is -3.70. The summed E-state index contributed by atoms with van der Waals surface area (Å²) in [4.78, 5) is 23.5. The average molecular weight is 425 g/mol. The molecule has 6 rings (SSSR count). The molecule has 3 aromatic heterocycles. The lowest BCUT2D eigenvalue weighted by atomic mass is 10.1. The molecule has 0 amide bonds. The fourth-order valence-electron chi connectivity index (χ4n) is 4.41.